The summed E-state index contributed by atoms with van der Waals surface area (Å²) in [5, 5.41) is 0. The Morgan fingerprint density at radius 2 is 1.37 bits per heavy atom. The highest BCUT2D eigenvalue weighted by molar-refractivity contribution is 4.84. The molecule has 0 fully saturated rings. The summed E-state index contributed by atoms with van der Waals surface area (Å²) >= 11 is 0. The normalized spacial score (nSPS) is 15.5. The second-order valence-corrected chi connectivity index (χ2v) is 6.00. The van der Waals surface area contributed by atoms with Gasteiger partial charge >= 0.3 is 0 Å². The zero-order valence-electron chi connectivity index (χ0n) is 14.1. The summed E-state index contributed by atoms with van der Waals surface area (Å²) in [4.78, 5) is 0. The van der Waals surface area contributed by atoms with Crippen LogP contribution in [0.25, 0.3) is 0 Å². The van der Waals surface area contributed by atoms with Crippen molar-refractivity contribution in [1.82, 2.24) is 0 Å². The van der Waals surface area contributed by atoms with Crippen molar-refractivity contribution in [3.63, 3.8) is 0 Å². The zero-order chi connectivity index (χ0) is 14.7. The van der Waals surface area contributed by atoms with Crippen molar-refractivity contribution >= 4 is 0 Å². The minimum atomic E-state index is 0.199. The van der Waals surface area contributed by atoms with E-state index in [1.807, 2.05) is 0 Å². The maximum absolute atomic E-state index is 5.80. The van der Waals surface area contributed by atoms with Crippen LogP contribution >= 0.6 is 0 Å². The van der Waals surface area contributed by atoms with Crippen LogP contribution < -0.4 is 0 Å². The van der Waals surface area contributed by atoms with Crippen LogP contribution in [0.2, 0.25) is 0 Å². The first-order chi connectivity index (χ1) is 9.06. The maximum Gasteiger partial charge on any atom is 0.0546 e. The lowest BCUT2D eigenvalue weighted by molar-refractivity contribution is -0.0559. The van der Waals surface area contributed by atoms with E-state index in [2.05, 4.69) is 41.5 Å². The predicted octanol–water partition coefficient (Wildman–Crippen LogP) is 4.92. The Balaban J connectivity index is 4.77. The standard InChI is InChI=1S/C17H36O2/c1-7-15(5)11-12-17(13-18-9-3,14-19-10-4)16(6)8-2/h15-16H,7-14H2,1-6H3. The van der Waals surface area contributed by atoms with E-state index in [9.17, 15) is 0 Å². The van der Waals surface area contributed by atoms with Gasteiger partial charge < -0.3 is 9.47 Å². The average molecular weight is 272 g/mol. The lowest BCUT2D eigenvalue weighted by Crippen LogP contribution is -2.39. The summed E-state index contributed by atoms with van der Waals surface area (Å²) in [5.74, 6) is 1.45. The number of ether oxygens (including phenoxy) is 2. The topological polar surface area (TPSA) is 18.5 Å². The van der Waals surface area contributed by atoms with Crippen molar-refractivity contribution < 1.29 is 9.47 Å². The Hall–Kier alpha value is -0.0800. The maximum atomic E-state index is 5.80. The molecule has 0 rings (SSSR count). The quantitative estimate of drug-likeness (QED) is 0.502. The van der Waals surface area contributed by atoms with Crippen LogP contribution in [0.15, 0.2) is 0 Å². The molecule has 2 unspecified atom stereocenters. The van der Waals surface area contributed by atoms with Gasteiger partial charge in [0.05, 0.1) is 13.2 Å². The van der Waals surface area contributed by atoms with Crippen molar-refractivity contribution in [3.8, 4) is 0 Å². The van der Waals surface area contributed by atoms with Crippen LogP contribution in [0.4, 0.5) is 0 Å². The number of rotatable bonds is 12. The van der Waals surface area contributed by atoms with Gasteiger partial charge in [-0.3, -0.25) is 0 Å². The van der Waals surface area contributed by atoms with Gasteiger partial charge in [-0.2, -0.15) is 0 Å². The molecule has 0 saturated carbocycles. The van der Waals surface area contributed by atoms with Gasteiger partial charge in [-0.1, -0.05) is 47.0 Å². The van der Waals surface area contributed by atoms with Gasteiger partial charge in [-0.15, -0.1) is 0 Å². The fraction of sp³-hybridized carbons (Fsp3) is 1.00. The first kappa shape index (κ1) is 18.9. The van der Waals surface area contributed by atoms with E-state index in [1.54, 1.807) is 0 Å². The lowest BCUT2D eigenvalue weighted by atomic mass is 9.71. The summed E-state index contributed by atoms with van der Waals surface area (Å²) < 4.78 is 11.6. The molecule has 0 aromatic carbocycles. The monoisotopic (exact) mass is 272 g/mol. The third-order valence-corrected chi connectivity index (χ3v) is 4.68. The SMILES string of the molecule is CCOCC(CCC(C)CC)(COCC)C(C)CC. The van der Waals surface area contributed by atoms with Crippen LogP contribution in [0.5, 0.6) is 0 Å². The van der Waals surface area contributed by atoms with Crippen LogP contribution in [-0.4, -0.2) is 26.4 Å². The van der Waals surface area contributed by atoms with Gasteiger partial charge in [0.1, 0.15) is 0 Å². The second-order valence-electron chi connectivity index (χ2n) is 6.00. The third kappa shape index (κ3) is 6.76. The fourth-order valence-electron chi connectivity index (χ4n) is 2.50. The van der Waals surface area contributed by atoms with E-state index in [0.29, 0.717) is 5.92 Å². The molecule has 2 atom stereocenters. The van der Waals surface area contributed by atoms with Crippen molar-refractivity contribution in [2.45, 2.75) is 67.2 Å². The summed E-state index contributed by atoms with van der Waals surface area (Å²) in [6, 6.07) is 0. The van der Waals surface area contributed by atoms with Crippen LogP contribution in [0.3, 0.4) is 0 Å². The Morgan fingerprint density at radius 3 is 1.74 bits per heavy atom. The average Bonchev–Trinajstić information content (AvgIpc) is 2.45. The minimum absolute atomic E-state index is 0.199. The van der Waals surface area contributed by atoms with Gasteiger partial charge in [0, 0.05) is 18.6 Å². The molecule has 0 aromatic rings. The summed E-state index contributed by atoms with van der Waals surface area (Å²) in [7, 11) is 0. The van der Waals surface area contributed by atoms with Crippen LogP contribution in [0.1, 0.15) is 67.2 Å². The van der Waals surface area contributed by atoms with Crippen molar-refractivity contribution in [2.75, 3.05) is 26.4 Å². The molecule has 0 aromatic heterocycles. The van der Waals surface area contributed by atoms with Crippen LogP contribution in [-0.2, 0) is 9.47 Å². The minimum Gasteiger partial charge on any atom is -0.381 e. The van der Waals surface area contributed by atoms with E-state index in [-0.39, 0.29) is 5.41 Å². The van der Waals surface area contributed by atoms with Crippen molar-refractivity contribution in [3.05, 3.63) is 0 Å². The molecule has 0 bridgehead atoms. The Labute approximate surface area is 121 Å². The lowest BCUT2D eigenvalue weighted by Gasteiger charge is -2.39. The highest BCUT2D eigenvalue weighted by Gasteiger charge is 2.35. The second kappa shape index (κ2) is 10.7. The van der Waals surface area contributed by atoms with Gasteiger partial charge in [0.2, 0.25) is 0 Å². The van der Waals surface area contributed by atoms with Crippen molar-refractivity contribution in [2.24, 2.45) is 17.3 Å². The molecule has 116 valence electrons. The molecule has 0 amide bonds. The highest BCUT2D eigenvalue weighted by Crippen LogP contribution is 2.37. The Morgan fingerprint density at radius 1 is 0.842 bits per heavy atom. The van der Waals surface area contributed by atoms with Gasteiger partial charge in [-0.25, -0.2) is 0 Å². The first-order valence-electron chi connectivity index (χ1n) is 8.21. The third-order valence-electron chi connectivity index (χ3n) is 4.68. The van der Waals surface area contributed by atoms with Gasteiger partial charge in [-0.05, 0) is 32.1 Å². The Bertz CT molecular complexity index is 195. The molecule has 0 radical (unpaired) electrons. The zero-order valence-corrected chi connectivity index (χ0v) is 14.1. The molecule has 0 N–H and O–H groups in total. The molecule has 0 heterocycles. The van der Waals surface area contributed by atoms with Crippen molar-refractivity contribution in [1.29, 1.82) is 0 Å². The van der Waals surface area contributed by atoms with E-state index < -0.39 is 0 Å². The largest absolute Gasteiger partial charge is 0.381 e. The molecule has 19 heavy (non-hydrogen) atoms. The molecule has 2 nitrogen and oxygen atoms in total. The molecule has 0 aliphatic rings. The molecule has 0 saturated heterocycles. The first-order valence-corrected chi connectivity index (χ1v) is 8.21. The smallest absolute Gasteiger partial charge is 0.0546 e. The number of hydrogen-bond donors (Lipinski definition) is 0. The highest BCUT2D eigenvalue weighted by atomic mass is 16.5. The number of hydrogen-bond acceptors (Lipinski definition) is 2. The summed E-state index contributed by atoms with van der Waals surface area (Å²) in [5.41, 5.74) is 0.199. The Kier molecular flexibility index (Phi) is 10.6. The van der Waals surface area contributed by atoms with E-state index in [1.165, 1.54) is 25.7 Å². The predicted molar refractivity (Wildman–Crippen MR) is 83.6 cm³/mol. The van der Waals surface area contributed by atoms with Gasteiger partial charge in [0.15, 0.2) is 0 Å². The van der Waals surface area contributed by atoms with E-state index >= 15 is 0 Å². The molecule has 0 spiro atoms. The van der Waals surface area contributed by atoms with Crippen LogP contribution in [0, 0.1) is 17.3 Å². The van der Waals surface area contributed by atoms with E-state index in [4.69, 9.17) is 9.47 Å². The molecular weight excluding hydrogens is 236 g/mol. The summed E-state index contributed by atoms with van der Waals surface area (Å²) in [6.07, 6.45) is 4.96. The van der Waals surface area contributed by atoms with Gasteiger partial charge in [0.25, 0.3) is 0 Å². The molecule has 2 heteroatoms. The molecule has 0 aliphatic heterocycles. The van der Waals surface area contributed by atoms with E-state index in [0.717, 1.165) is 32.3 Å². The summed E-state index contributed by atoms with van der Waals surface area (Å²) in [6.45, 7) is 16.7. The molecular formula is C17H36O2. The fourth-order valence-corrected chi connectivity index (χ4v) is 2.50. The molecule has 0 aliphatic carbocycles.